The summed E-state index contributed by atoms with van der Waals surface area (Å²) < 4.78 is 0. The molecule has 0 atom stereocenters. The second-order valence-corrected chi connectivity index (χ2v) is 1.92. The number of hydrogen-bond acceptors (Lipinski definition) is 0. The molecule has 0 heterocycles. The third-order valence-corrected chi connectivity index (χ3v) is 1.33. The van der Waals surface area contributed by atoms with Crippen molar-refractivity contribution in [3.8, 4) is 23.7 Å². The van der Waals surface area contributed by atoms with E-state index in [0.29, 0.717) is 11.8 Å². The standard InChI is InChI=1S/C7H4.2ClH.Ru/c1-2-7-4-3-6(1)5-7;;;/h6-7H,5H2;2*1H;/q;;;+2/p-2. The summed E-state index contributed by atoms with van der Waals surface area (Å²) in [7, 11) is 0. The fourth-order valence-corrected chi connectivity index (χ4v) is 0.946. The smallest absolute Gasteiger partial charge is 1.00 e. The van der Waals surface area contributed by atoms with E-state index in [1.807, 2.05) is 0 Å². The molecule has 0 saturated carbocycles. The van der Waals surface area contributed by atoms with Gasteiger partial charge in [-0.15, -0.1) is 0 Å². The summed E-state index contributed by atoms with van der Waals surface area (Å²) in [6.45, 7) is 0. The maximum Gasteiger partial charge on any atom is 2.00 e. The molecule has 2 aliphatic rings. The molecule has 2 bridgehead atoms. The topological polar surface area (TPSA) is 0 Å². The number of fused-ring (bicyclic) bond motifs is 2. The maximum atomic E-state index is 3.03. The first-order chi connectivity index (χ1) is 3.45. The van der Waals surface area contributed by atoms with E-state index in [1.165, 1.54) is 0 Å². The van der Waals surface area contributed by atoms with Gasteiger partial charge in [-0.25, -0.2) is 0 Å². The van der Waals surface area contributed by atoms with Crippen LogP contribution in [-0.2, 0) is 19.5 Å². The van der Waals surface area contributed by atoms with Crippen LogP contribution in [0.15, 0.2) is 0 Å². The maximum absolute atomic E-state index is 3.03. The Bertz CT molecular complexity index is 175. The van der Waals surface area contributed by atoms with Crippen molar-refractivity contribution in [2.24, 2.45) is 11.8 Å². The minimum atomic E-state index is 0. The Morgan fingerprint density at radius 1 is 0.800 bits per heavy atom. The minimum Gasteiger partial charge on any atom is -1.00 e. The molecule has 0 nitrogen and oxygen atoms in total. The van der Waals surface area contributed by atoms with Crippen molar-refractivity contribution in [2.45, 2.75) is 6.42 Å². The molecule has 0 aromatic carbocycles. The van der Waals surface area contributed by atoms with Crippen LogP contribution in [0.2, 0.25) is 0 Å². The monoisotopic (exact) mass is 260 g/mol. The third-order valence-electron chi connectivity index (χ3n) is 1.33. The summed E-state index contributed by atoms with van der Waals surface area (Å²) in [4.78, 5) is 0. The van der Waals surface area contributed by atoms with Crippen molar-refractivity contribution in [3.63, 3.8) is 0 Å². The van der Waals surface area contributed by atoms with Crippen LogP contribution in [0.25, 0.3) is 0 Å². The molecule has 0 fully saturated rings. The Kier molecular flexibility index (Phi) is 6.53. The molecule has 10 heavy (non-hydrogen) atoms. The zero-order chi connectivity index (χ0) is 4.69. The van der Waals surface area contributed by atoms with Crippen LogP contribution in [0.3, 0.4) is 0 Å². The Balaban J connectivity index is 0. The molecule has 2 rings (SSSR count). The van der Waals surface area contributed by atoms with E-state index in [1.54, 1.807) is 0 Å². The van der Waals surface area contributed by atoms with Crippen LogP contribution in [0.4, 0.5) is 0 Å². The van der Waals surface area contributed by atoms with Gasteiger partial charge in [-0.2, -0.15) is 0 Å². The van der Waals surface area contributed by atoms with Crippen molar-refractivity contribution >= 4 is 0 Å². The number of rotatable bonds is 0. The molecule has 0 saturated heterocycles. The molecule has 0 aromatic rings. The zero-order valence-electron chi connectivity index (χ0n) is 4.97. The van der Waals surface area contributed by atoms with Gasteiger partial charge < -0.3 is 24.8 Å². The molecule has 0 unspecified atom stereocenters. The molecule has 2 aliphatic carbocycles. The van der Waals surface area contributed by atoms with Gasteiger partial charge in [0.15, 0.2) is 0 Å². The Labute approximate surface area is 86.1 Å². The van der Waals surface area contributed by atoms with Gasteiger partial charge in [-0.1, -0.05) is 23.7 Å². The number of hydrogen-bond donors (Lipinski definition) is 0. The van der Waals surface area contributed by atoms with Gasteiger partial charge in [0, 0.05) is 0 Å². The van der Waals surface area contributed by atoms with Crippen molar-refractivity contribution in [2.75, 3.05) is 0 Å². The summed E-state index contributed by atoms with van der Waals surface area (Å²) >= 11 is 0. The van der Waals surface area contributed by atoms with E-state index in [2.05, 4.69) is 23.7 Å². The first kappa shape index (κ1) is 13.0. The Morgan fingerprint density at radius 3 is 1.20 bits per heavy atom. The van der Waals surface area contributed by atoms with Gasteiger partial charge in [0.2, 0.25) is 0 Å². The van der Waals surface area contributed by atoms with Gasteiger partial charge in [0.05, 0.1) is 11.8 Å². The van der Waals surface area contributed by atoms with Crippen molar-refractivity contribution in [1.82, 2.24) is 0 Å². The van der Waals surface area contributed by atoms with E-state index in [-0.39, 0.29) is 44.3 Å². The van der Waals surface area contributed by atoms with Crippen LogP contribution in [0.5, 0.6) is 0 Å². The molecule has 0 aliphatic heterocycles. The second-order valence-electron chi connectivity index (χ2n) is 1.92. The van der Waals surface area contributed by atoms with E-state index in [4.69, 9.17) is 0 Å². The predicted molar refractivity (Wildman–Crippen MR) is 27.1 cm³/mol. The normalized spacial score (nSPS) is 27.2. The Hall–Kier alpha value is 0.323. The molecular formula is C7H4Cl2Ru. The second kappa shape index (κ2) is 5.04. The van der Waals surface area contributed by atoms with Gasteiger partial charge >= 0.3 is 19.5 Å². The van der Waals surface area contributed by atoms with Gasteiger partial charge in [-0.3, -0.25) is 0 Å². The zero-order valence-corrected chi connectivity index (χ0v) is 8.22. The molecular weight excluding hydrogens is 256 g/mol. The average Bonchev–Trinajstić information content (AvgIpc) is 2.22. The summed E-state index contributed by atoms with van der Waals surface area (Å²) in [6.07, 6.45) is 1.14. The van der Waals surface area contributed by atoms with Crippen LogP contribution in [0, 0.1) is 35.5 Å². The van der Waals surface area contributed by atoms with E-state index >= 15 is 0 Å². The minimum absolute atomic E-state index is 0. The van der Waals surface area contributed by atoms with Crippen LogP contribution in [-0.4, -0.2) is 0 Å². The first-order valence-corrected chi connectivity index (χ1v) is 2.47. The third kappa shape index (κ3) is 2.18. The van der Waals surface area contributed by atoms with E-state index in [0.717, 1.165) is 6.42 Å². The summed E-state index contributed by atoms with van der Waals surface area (Å²) in [6, 6.07) is 0. The van der Waals surface area contributed by atoms with Gasteiger partial charge in [-0.05, 0) is 6.42 Å². The first-order valence-electron chi connectivity index (χ1n) is 2.47. The Morgan fingerprint density at radius 2 is 1.10 bits per heavy atom. The predicted octanol–water partition coefficient (Wildman–Crippen LogP) is -5.35. The van der Waals surface area contributed by atoms with E-state index < -0.39 is 0 Å². The SMILES string of the molecule is C1#CC2C#CC1C2.[Cl-].[Cl-].[Ru+2]. The van der Waals surface area contributed by atoms with Crippen LogP contribution in [0.1, 0.15) is 6.42 Å². The van der Waals surface area contributed by atoms with Crippen LogP contribution < -0.4 is 24.8 Å². The number of halogens is 2. The van der Waals surface area contributed by atoms with E-state index in [9.17, 15) is 0 Å². The largest absolute Gasteiger partial charge is 2.00 e. The summed E-state index contributed by atoms with van der Waals surface area (Å²) in [5.41, 5.74) is 0. The van der Waals surface area contributed by atoms with Crippen molar-refractivity contribution in [1.29, 1.82) is 0 Å². The fraction of sp³-hybridized carbons (Fsp3) is 0.429. The fourth-order valence-electron chi connectivity index (χ4n) is 0.946. The quantitative estimate of drug-likeness (QED) is 0.301. The summed E-state index contributed by atoms with van der Waals surface area (Å²) in [5.74, 6) is 13.0. The van der Waals surface area contributed by atoms with Gasteiger partial charge in [0.25, 0.3) is 0 Å². The molecule has 0 spiro atoms. The molecule has 3 heteroatoms. The summed E-state index contributed by atoms with van der Waals surface area (Å²) in [5, 5.41) is 0. The molecule has 0 N–H and O–H groups in total. The molecule has 0 radical (unpaired) electrons. The van der Waals surface area contributed by atoms with Gasteiger partial charge in [0.1, 0.15) is 0 Å². The average molecular weight is 260 g/mol. The van der Waals surface area contributed by atoms with Crippen molar-refractivity contribution < 1.29 is 44.3 Å². The van der Waals surface area contributed by atoms with Crippen molar-refractivity contribution in [3.05, 3.63) is 0 Å². The molecule has 0 aromatic heterocycles. The molecule has 54 valence electrons. The molecule has 0 amide bonds. The van der Waals surface area contributed by atoms with Crippen LogP contribution >= 0.6 is 0 Å².